The zero-order valence-electron chi connectivity index (χ0n) is 11.2. The fourth-order valence-electron chi connectivity index (χ4n) is 2.97. The second-order valence-corrected chi connectivity index (χ2v) is 6.09. The minimum absolute atomic E-state index is 0.486. The van der Waals surface area contributed by atoms with Crippen molar-refractivity contribution >= 4 is 0 Å². The molecule has 0 saturated heterocycles. The molecule has 14 heavy (non-hydrogen) atoms. The van der Waals surface area contributed by atoms with Gasteiger partial charge in [0, 0.05) is 0 Å². The van der Waals surface area contributed by atoms with Gasteiger partial charge in [-0.15, -0.1) is 0 Å². The molecule has 0 aromatic rings. The molecule has 0 aliphatic heterocycles. The zero-order chi connectivity index (χ0) is 11.2. The van der Waals surface area contributed by atoms with Gasteiger partial charge in [0.1, 0.15) is 0 Å². The van der Waals surface area contributed by atoms with Crippen LogP contribution in [0.1, 0.15) is 80.1 Å². The fourth-order valence-corrected chi connectivity index (χ4v) is 2.97. The van der Waals surface area contributed by atoms with E-state index < -0.39 is 0 Å². The molecule has 0 aromatic heterocycles. The van der Waals surface area contributed by atoms with Crippen molar-refractivity contribution in [1.82, 2.24) is 0 Å². The SMILES string of the molecule is CCCC(CC)(CCC)CC(C)(C)C. The van der Waals surface area contributed by atoms with E-state index in [0.29, 0.717) is 10.8 Å². The van der Waals surface area contributed by atoms with Gasteiger partial charge in [-0.2, -0.15) is 0 Å². The fraction of sp³-hybridized carbons (Fsp3) is 1.00. The Morgan fingerprint density at radius 3 is 1.43 bits per heavy atom. The van der Waals surface area contributed by atoms with E-state index in [1.807, 2.05) is 0 Å². The van der Waals surface area contributed by atoms with Gasteiger partial charge in [-0.05, 0) is 30.1 Å². The monoisotopic (exact) mass is 198 g/mol. The van der Waals surface area contributed by atoms with E-state index in [2.05, 4.69) is 41.5 Å². The Bertz CT molecular complexity index is 133. The van der Waals surface area contributed by atoms with Crippen LogP contribution in [0, 0.1) is 10.8 Å². The third-order valence-corrected chi connectivity index (χ3v) is 3.22. The van der Waals surface area contributed by atoms with Gasteiger partial charge in [0.2, 0.25) is 0 Å². The molecule has 0 spiro atoms. The quantitative estimate of drug-likeness (QED) is 0.534. The highest BCUT2D eigenvalue weighted by Crippen LogP contribution is 2.43. The van der Waals surface area contributed by atoms with Crippen LogP contribution in [0.4, 0.5) is 0 Å². The third kappa shape index (κ3) is 5.02. The summed E-state index contributed by atoms with van der Waals surface area (Å²) in [5, 5.41) is 0. The molecule has 0 nitrogen and oxygen atoms in total. The maximum Gasteiger partial charge on any atom is -0.0295 e. The molecule has 0 fully saturated rings. The molecule has 0 heteroatoms. The van der Waals surface area contributed by atoms with Crippen molar-refractivity contribution in [3.63, 3.8) is 0 Å². The second-order valence-electron chi connectivity index (χ2n) is 6.09. The normalized spacial score (nSPS) is 13.3. The van der Waals surface area contributed by atoms with Crippen LogP contribution >= 0.6 is 0 Å². The molecule has 0 aromatic carbocycles. The van der Waals surface area contributed by atoms with Crippen LogP contribution in [-0.4, -0.2) is 0 Å². The lowest BCUT2D eigenvalue weighted by atomic mass is 9.67. The highest BCUT2D eigenvalue weighted by Gasteiger charge is 2.31. The van der Waals surface area contributed by atoms with Crippen LogP contribution in [-0.2, 0) is 0 Å². The van der Waals surface area contributed by atoms with Crippen LogP contribution in [0.15, 0.2) is 0 Å². The molecule has 86 valence electrons. The lowest BCUT2D eigenvalue weighted by Crippen LogP contribution is -2.26. The average molecular weight is 198 g/mol. The van der Waals surface area contributed by atoms with Gasteiger partial charge in [0.05, 0.1) is 0 Å². The summed E-state index contributed by atoms with van der Waals surface area (Å²) in [6.07, 6.45) is 8.24. The van der Waals surface area contributed by atoms with Crippen molar-refractivity contribution in [3.8, 4) is 0 Å². The van der Waals surface area contributed by atoms with Crippen LogP contribution in [0.2, 0.25) is 0 Å². The molecular weight excluding hydrogens is 168 g/mol. The summed E-state index contributed by atoms with van der Waals surface area (Å²) in [4.78, 5) is 0. The summed E-state index contributed by atoms with van der Waals surface area (Å²) in [5.41, 5.74) is 1.11. The highest BCUT2D eigenvalue weighted by atomic mass is 14.4. The average Bonchev–Trinajstić information content (AvgIpc) is 2.02. The lowest BCUT2D eigenvalue weighted by molar-refractivity contribution is 0.134. The minimum atomic E-state index is 0.486. The molecule has 0 rings (SSSR count). The van der Waals surface area contributed by atoms with Gasteiger partial charge in [0.15, 0.2) is 0 Å². The smallest absolute Gasteiger partial charge is 0.0295 e. The molecule has 0 bridgehead atoms. The first-order valence-electron chi connectivity index (χ1n) is 6.39. The molecule has 0 heterocycles. The zero-order valence-corrected chi connectivity index (χ0v) is 11.2. The highest BCUT2D eigenvalue weighted by molar-refractivity contribution is 4.82. The van der Waals surface area contributed by atoms with E-state index in [9.17, 15) is 0 Å². The second kappa shape index (κ2) is 5.78. The summed E-state index contributed by atoms with van der Waals surface area (Å²) >= 11 is 0. The van der Waals surface area contributed by atoms with E-state index >= 15 is 0 Å². The third-order valence-electron chi connectivity index (χ3n) is 3.22. The van der Waals surface area contributed by atoms with Crippen LogP contribution in [0.25, 0.3) is 0 Å². The molecular formula is C14H30. The Labute approximate surface area is 91.5 Å². The Kier molecular flexibility index (Phi) is 5.78. The Hall–Kier alpha value is 0. The number of hydrogen-bond acceptors (Lipinski definition) is 0. The van der Waals surface area contributed by atoms with Crippen molar-refractivity contribution in [3.05, 3.63) is 0 Å². The van der Waals surface area contributed by atoms with E-state index in [0.717, 1.165) is 0 Å². The standard InChI is InChI=1S/C14H30/c1-7-10-14(9-3,11-8-2)12-13(4,5)6/h7-12H2,1-6H3. The van der Waals surface area contributed by atoms with Crippen LogP contribution in [0.5, 0.6) is 0 Å². The first-order chi connectivity index (χ1) is 6.39. The maximum absolute atomic E-state index is 2.38. The lowest BCUT2D eigenvalue weighted by Gasteiger charge is -2.38. The Balaban J connectivity index is 4.48. The van der Waals surface area contributed by atoms with Crippen molar-refractivity contribution < 1.29 is 0 Å². The number of rotatable bonds is 6. The van der Waals surface area contributed by atoms with Crippen molar-refractivity contribution in [2.45, 2.75) is 80.1 Å². The van der Waals surface area contributed by atoms with Crippen LogP contribution in [0.3, 0.4) is 0 Å². The summed E-state index contributed by atoms with van der Waals surface area (Å²) < 4.78 is 0. The van der Waals surface area contributed by atoms with E-state index in [1.54, 1.807) is 0 Å². The topological polar surface area (TPSA) is 0 Å². The summed E-state index contributed by atoms with van der Waals surface area (Å²) in [6.45, 7) is 14.1. The van der Waals surface area contributed by atoms with Crippen molar-refractivity contribution in [2.24, 2.45) is 10.8 Å². The predicted octanol–water partition coefficient (Wildman–Crippen LogP) is 5.42. The molecule has 0 radical (unpaired) electrons. The molecule has 0 unspecified atom stereocenters. The predicted molar refractivity (Wildman–Crippen MR) is 66.6 cm³/mol. The van der Waals surface area contributed by atoms with Gasteiger partial charge in [-0.25, -0.2) is 0 Å². The first-order valence-corrected chi connectivity index (χ1v) is 6.39. The summed E-state index contributed by atoms with van der Waals surface area (Å²) in [7, 11) is 0. The molecule has 0 atom stereocenters. The first kappa shape index (κ1) is 14.0. The van der Waals surface area contributed by atoms with E-state index in [-0.39, 0.29) is 0 Å². The van der Waals surface area contributed by atoms with Gasteiger partial charge in [0.25, 0.3) is 0 Å². The maximum atomic E-state index is 2.38. The minimum Gasteiger partial charge on any atom is -0.0654 e. The molecule has 0 aliphatic rings. The largest absolute Gasteiger partial charge is 0.0654 e. The Morgan fingerprint density at radius 1 is 0.786 bits per heavy atom. The van der Waals surface area contributed by atoms with Gasteiger partial charge < -0.3 is 0 Å². The van der Waals surface area contributed by atoms with Crippen molar-refractivity contribution in [2.75, 3.05) is 0 Å². The molecule has 0 aliphatic carbocycles. The van der Waals surface area contributed by atoms with Gasteiger partial charge in [-0.3, -0.25) is 0 Å². The molecule has 0 N–H and O–H groups in total. The van der Waals surface area contributed by atoms with Gasteiger partial charge in [-0.1, -0.05) is 60.8 Å². The summed E-state index contributed by atoms with van der Waals surface area (Å²) in [5.74, 6) is 0. The summed E-state index contributed by atoms with van der Waals surface area (Å²) in [6, 6.07) is 0. The van der Waals surface area contributed by atoms with Crippen LogP contribution < -0.4 is 0 Å². The Morgan fingerprint density at radius 2 is 1.21 bits per heavy atom. The van der Waals surface area contributed by atoms with Gasteiger partial charge >= 0.3 is 0 Å². The van der Waals surface area contributed by atoms with E-state index in [4.69, 9.17) is 0 Å². The number of hydrogen-bond donors (Lipinski definition) is 0. The molecule has 0 saturated carbocycles. The van der Waals surface area contributed by atoms with E-state index in [1.165, 1.54) is 38.5 Å². The molecule has 0 amide bonds. The van der Waals surface area contributed by atoms with Crippen molar-refractivity contribution in [1.29, 1.82) is 0 Å².